The molecule has 14 heavy (non-hydrogen) atoms. The van der Waals surface area contributed by atoms with Gasteiger partial charge in [0.25, 0.3) is 0 Å². The first-order valence-electron chi connectivity index (χ1n) is 4.75. The molecule has 0 aliphatic heterocycles. The van der Waals surface area contributed by atoms with Crippen LogP contribution in [0.1, 0.15) is 41.0 Å². The van der Waals surface area contributed by atoms with Crippen molar-refractivity contribution >= 4 is 28.0 Å². The second kappa shape index (κ2) is 4.56. The van der Waals surface area contributed by atoms with E-state index in [0.29, 0.717) is 6.42 Å². The lowest BCUT2D eigenvalue weighted by Gasteiger charge is -2.25. The molecule has 0 bridgehead atoms. The van der Waals surface area contributed by atoms with Crippen LogP contribution in [0.25, 0.3) is 0 Å². The Morgan fingerprint density at radius 1 is 1.29 bits per heavy atom. The minimum absolute atomic E-state index is 0.146. The van der Waals surface area contributed by atoms with E-state index in [1.165, 1.54) is 0 Å². The third-order valence-corrected chi connectivity index (χ3v) is 2.79. The molecule has 0 aromatic carbocycles. The van der Waals surface area contributed by atoms with Gasteiger partial charge in [-0.1, -0.05) is 50.5 Å². The second-order valence-corrected chi connectivity index (χ2v) is 6.50. The van der Waals surface area contributed by atoms with Crippen LogP contribution >= 0.6 is 15.9 Å². The summed E-state index contributed by atoms with van der Waals surface area (Å²) in [5.41, 5.74) is -0.789. The van der Waals surface area contributed by atoms with Gasteiger partial charge >= 0.3 is 0 Å². The monoisotopic (exact) mass is 262 g/mol. The fourth-order valence-electron chi connectivity index (χ4n) is 1.07. The molecule has 0 aliphatic carbocycles. The number of aldehydes is 1. The Balaban J connectivity index is 4.44. The summed E-state index contributed by atoms with van der Waals surface area (Å²) in [4.78, 5) is 22.3. The van der Waals surface area contributed by atoms with Crippen LogP contribution in [0.3, 0.4) is 0 Å². The molecule has 0 radical (unpaired) electrons. The van der Waals surface area contributed by atoms with Crippen LogP contribution in [0, 0.1) is 10.8 Å². The smallest absolute Gasteiger partial charge is 0.151 e. The van der Waals surface area contributed by atoms with Gasteiger partial charge in [0.1, 0.15) is 6.29 Å². The molecule has 0 aliphatic rings. The van der Waals surface area contributed by atoms with Crippen LogP contribution in [0.5, 0.6) is 0 Å². The highest BCUT2D eigenvalue weighted by molar-refractivity contribution is 9.10. The maximum absolute atomic E-state index is 11.8. The van der Waals surface area contributed by atoms with Crippen molar-refractivity contribution in [3.8, 4) is 0 Å². The number of rotatable bonds is 4. The van der Waals surface area contributed by atoms with Crippen molar-refractivity contribution in [3.05, 3.63) is 0 Å². The largest absolute Gasteiger partial charge is 0.303 e. The van der Waals surface area contributed by atoms with Gasteiger partial charge in [0, 0.05) is 10.8 Å². The SMILES string of the molecule is CC(C)(C=O)CC(Br)C(=O)C(C)(C)C. The van der Waals surface area contributed by atoms with E-state index in [0.717, 1.165) is 6.29 Å². The fourth-order valence-corrected chi connectivity index (χ4v) is 2.59. The van der Waals surface area contributed by atoms with Gasteiger partial charge in [-0.2, -0.15) is 0 Å². The molecule has 82 valence electrons. The Kier molecular flexibility index (Phi) is 4.50. The predicted molar refractivity (Wildman–Crippen MR) is 61.6 cm³/mol. The van der Waals surface area contributed by atoms with E-state index < -0.39 is 5.41 Å². The Hall–Kier alpha value is -0.180. The van der Waals surface area contributed by atoms with Gasteiger partial charge < -0.3 is 4.79 Å². The quantitative estimate of drug-likeness (QED) is 0.577. The normalized spacial score (nSPS) is 15.0. The highest BCUT2D eigenvalue weighted by Crippen LogP contribution is 2.29. The summed E-state index contributed by atoms with van der Waals surface area (Å²) in [6.07, 6.45) is 1.45. The lowest BCUT2D eigenvalue weighted by molar-refractivity contribution is -0.126. The van der Waals surface area contributed by atoms with Crippen LogP contribution in [0.4, 0.5) is 0 Å². The number of halogens is 1. The molecule has 0 N–H and O–H groups in total. The van der Waals surface area contributed by atoms with E-state index in [1.807, 2.05) is 34.6 Å². The van der Waals surface area contributed by atoms with Crippen LogP contribution in [-0.2, 0) is 9.59 Å². The summed E-state index contributed by atoms with van der Waals surface area (Å²) in [6.45, 7) is 9.33. The number of hydrogen-bond acceptors (Lipinski definition) is 2. The summed E-state index contributed by atoms with van der Waals surface area (Å²) in [5, 5.41) is 0. The Labute approximate surface area is 94.6 Å². The van der Waals surface area contributed by atoms with Gasteiger partial charge in [-0.15, -0.1) is 0 Å². The number of ketones is 1. The lowest BCUT2D eigenvalue weighted by Crippen LogP contribution is -2.32. The van der Waals surface area contributed by atoms with E-state index in [1.54, 1.807) is 0 Å². The highest BCUT2D eigenvalue weighted by atomic mass is 79.9. The fraction of sp³-hybridized carbons (Fsp3) is 0.818. The van der Waals surface area contributed by atoms with Gasteiger partial charge in [0.15, 0.2) is 5.78 Å². The van der Waals surface area contributed by atoms with E-state index in [-0.39, 0.29) is 16.0 Å². The van der Waals surface area contributed by atoms with Gasteiger partial charge in [-0.3, -0.25) is 4.79 Å². The molecule has 2 nitrogen and oxygen atoms in total. The number of carbonyl (C=O) groups is 2. The number of hydrogen-bond donors (Lipinski definition) is 0. The highest BCUT2D eigenvalue weighted by Gasteiger charge is 2.32. The maximum Gasteiger partial charge on any atom is 0.151 e. The van der Waals surface area contributed by atoms with E-state index in [2.05, 4.69) is 15.9 Å². The van der Waals surface area contributed by atoms with Gasteiger partial charge in [0.05, 0.1) is 4.83 Å². The maximum atomic E-state index is 11.8. The van der Waals surface area contributed by atoms with E-state index in [9.17, 15) is 9.59 Å². The summed E-state index contributed by atoms with van der Waals surface area (Å²) >= 11 is 3.35. The molecule has 0 fully saturated rings. The average molecular weight is 263 g/mol. The Morgan fingerprint density at radius 2 is 1.71 bits per heavy atom. The van der Waals surface area contributed by atoms with Crippen LogP contribution in [0.15, 0.2) is 0 Å². The van der Waals surface area contributed by atoms with E-state index in [4.69, 9.17) is 0 Å². The molecule has 0 heterocycles. The second-order valence-electron chi connectivity index (χ2n) is 5.39. The molecule has 1 unspecified atom stereocenters. The van der Waals surface area contributed by atoms with Crippen molar-refractivity contribution in [2.24, 2.45) is 10.8 Å². The topological polar surface area (TPSA) is 34.1 Å². The zero-order valence-electron chi connectivity index (χ0n) is 9.56. The first-order chi connectivity index (χ1) is 6.10. The first kappa shape index (κ1) is 13.8. The third-order valence-electron chi connectivity index (χ3n) is 2.05. The van der Waals surface area contributed by atoms with E-state index >= 15 is 0 Å². The van der Waals surface area contributed by atoms with Crippen LogP contribution in [-0.4, -0.2) is 16.9 Å². The molecule has 0 saturated heterocycles. The molecule has 0 aromatic rings. The van der Waals surface area contributed by atoms with Crippen LogP contribution < -0.4 is 0 Å². The molecule has 0 spiro atoms. The summed E-state index contributed by atoms with van der Waals surface area (Å²) in [7, 11) is 0. The molecule has 0 rings (SSSR count). The number of carbonyl (C=O) groups excluding carboxylic acids is 2. The Morgan fingerprint density at radius 3 is 2.00 bits per heavy atom. The number of alkyl halides is 1. The standard InChI is InChI=1S/C11H19BrO2/c1-10(2,3)9(14)8(12)6-11(4,5)7-13/h7-8H,6H2,1-5H3. The van der Waals surface area contributed by atoms with Gasteiger partial charge in [-0.05, 0) is 6.42 Å². The summed E-state index contributed by atoms with van der Waals surface area (Å²) in [5.74, 6) is 0.146. The van der Waals surface area contributed by atoms with Crippen molar-refractivity contribution in [2.45, 2.75) is 45.9 Å². The molecule has 1 atom stereocenters. The Bertz CT molecular complexity index is 226. The zero-order valence-corrected chi connectivity index (χ0v) is 11.1. The number of Topliss-reactive ketones (excluding diaryl/α,β-unsaturated/α-hetero) is 1. The van der Waals surface area contributed by atoms with Crippen molar-refractivity contribution in [1.29, 1.82) is 0 Å². The van der Waals surface area contributed by atoms with Crippen LogP contribution in [0.2, 0.25) is 0 Å². The zero-order chi connectivity index (χ0) is 11.6. The third kappa shape index (κ3) is 4.36. The summed E-state index contributed by atoms with van der Waals surface area (Å²) < 4.78 is 0. The molecular weight excluding hydrogens is 244 g/mol. The van der Waals surface area contributed by atoms with Crippen molar-refractivity contribution < 1.29 is 9.59 Å². The van der Waals surface area contributed by atoms with Crippen molar-refractivity contribution in [1.82, 2.24) is 0 Å². The minimum Gasteiger partial charge on any atom is -0.303 e. The molecule has 0 amide bonds. The van der Waals surface area contributed by atoms with Crippen molar-refractivity contribution in [3.63, 3.8) is 0 Å². The van der Waals surface area contributed by atoms with Gasteiger partial charge in [-0.25, -0.2) is 0 Å². The minimum atomic E-state index is -0.435. The van der Waals surface area contributed by atoms with Crippen molar-refractivity contribution in [2.75, 3.05) is 0 Å². The molecular formula is C11H19BrO2. The average Bonchev–Trinajstić information content (AvgIpc) is 2.00. The lowest BCUT2D eigenvalue weighted by atomic mass is 9.82. The molecule has 0 aromatic heterocycles. The summed E-state index contributed by atoms with van der Waals surface area (Å²) in [6, 6.07) is 0. The van der Waals surface area contributed by atoms with Gasteiger partial charge in [0.2, 0.25) is 0 Å². The molecule has 3 heteroatoms. The first-order valence-corrected chi connectivity index (χ1v) is 5.66. The predicted octanol–water partition coefficient (Wildman–Crippen LogP) is 2.98. The molecule has 0 saturated carbocycles.